The zero-order valence-electron chi connectivity index (χ0n) is 11.5. The minimum atomic E-state index is 0.636. The molecule has 0 bridgehead atoms. The summed E-state index contributed by atoms with van der Waals surface area (Å²) in [5.74, 6) is 1.95. The topological polar surface area (TPSA) is 41.0 Å². The first kappa shape index (κ1) is 13.1. The molecule has 100 valence electrons. The highest BCUT2D eigenvalue weighted by Gasteiger charge is 2.18. The van der Waals surface area contributed by atoms with Crippen molar-refractivity contribution in [2.24, 2.45) is 0 Å². The molecule has 0 spiro atoms. The van der Waals surface area contributed by atoms with E-state index in [4.69, 9.17) is 0 Å². The summed E-state index contributed by atoms with van der Waals surface area (Å²) in [5, 5.41) is 3.24. The van der Waals surface area contributed by atoms with E-state index in [1.54, 1.807) is 6.33 Å². The smallest absolute Gasteiger partial charge is 0.134 e. The van der Waals surface area contributed by atoms with Crippen LogP contribution in [-0.2, 0) is 0 Å². The highest BCUT2D eigenvalue weighted by molar-refractivity contribution is 5.48. The van der Waals surface area contributed by atoms with Gasteiger partial charge in [-0.1, -0.05) is 25.7 Å². The van der Waals surface area contributed by atoms with Gasteiger partial charge < -0.3 is 10.2 Å². The molecule has 0 atom stereocenters. The van der Waals surface area contributed by atoms with Crippen LogP contribution in [0.4, 0.5) is 11.6 Å². The maximum absolute atomic E-state index is 4.40. The van der Waals surface area contributed by atoms with Gasteiger partial charge in [-0.15, -0.1) is 0 Å². The molecule has 4 heteroatoms. The number of aromatic nitrogens is 2. The second-order valence-electron chi connectivity index (χ2n) is 5.05. The van der Waals surface area contributed by atoms with Gasteiger partial charge >= 0.3 is 0 Å². The fourth-order valence-electron chi connectivity index (χ4n) is 2.65. The first-order valence-corrected chi connectivity index (χ1v) is 7.10. The summed E-state index contributed by atoms with van der Waals surface area (Å²) in [6, 6.07) is 2.69. The number of nitrogens with one attached hydrogen (secondary N) is 1. The van der Waals surface area contributed by atoms with Crippen molar-refractivity contribution in [1.82, 2.24) is 9.97 Å². The second-order valence-corrected chi connectivity index (χ2v) is 5.05. The van der Waals surface area contributed by atoms with Crippen molar-refractivity contribution in [2.75, 3.05) is 23.8 Å². The molecule has 1 aliphatic carbocycles. The molecule has 0 amide bonds. The molecule has 0 saturated heterocycles. The lowest BCUT2D eigenvalue weighted by Crippen LogP contribution is -2.31. The molecule has 2 rings (SSSR count). The SMILES string of the molecule is CCNc1cc(N(C)C2CCCCCC2)ncn1. The van der Waals surface area contributed by atoms with Crippen molar-refractivity contribution in [3.05, 3.63) is 12.4 Å². The molecular weight excluding hydrogens is 224 g/mol. The van der Waals surface area contributed by atoms with E-state index >= 15 is 0 Å². The Morgan fingerprint density at radius 2 is 1.94 bits per heavy atom. The lowest BCUT2D eigenvalue weighted by molar-refractivity contribution is 0.549. The fourth-order valence-corrected chi connectivity index (χ4v) is 2.65. The van der Waals surface area contributed by atoms with Crippen LogP contribution in [0.1, 0.15) is 45.4 Å². The summed E-state index contributed by atoms with van der Waals surface area (Å²) in [4.78, 5) is 11.0. The van der Waals surface area contributed by atoms with Crippen molar-refractivity contribution in [1.29, 1.82) is 0 Å². The van der Waals surface area contributed by atoms with Crippen molar-refractivity contribution in [3.63, 3.8) is 0 Å². The zero-order valence-corrected chi connectivity index (χ0v) is 11.5. The first-order valence-electron chi connectivity index (χ1n) is 7.10. The lowest BCUT2D eigenvalue weighted by Gasteiger charge is -2.28. The van der Waals surface area contributed by atoms with Crippen LogP contribution >= 0.6 is 0 Å². The van der Waals surface area contributed by atoms with Crippen LogP contribution in [0.2, 0.25) is 0 Å². The lowest BCUT2D eigenvalue weighted by atomic mass is 10.1. The third-order valence-corrected chi connectivity index (χ3v) is 3.74. The average Bonchev–Trinajstić information content (AvgIpc) is 2.67. The Morgan fingerprint density at radius 1 is 1.22 bits per heavy atom. The largest absolute Gasteiger partial charge is 0.370 e. The summed E-state index contributed by atoms with van der Waals surface area (Å²) in [6.45, 7) is 2.97. The van der Waals surface area contributed by atoms with Gasteiger partial charge in [-0.3, -0.25) is 0 Å². The van der Waals surface area contributed by atoms with Crippen molar-refractivity contribution in [3.8, 4) is 0 Å². The molecule has 0 aliphatic heterocycles. The highest BCUT2D eigenvalue weighted by Crippen LogP contribution is 2.24. The predicted molar refractivity (Wildman–Crippen MR) is 76.1 cm³/mol. The van der Waals surface area contributed by atoms with Gasteiger partial charge in [-0.25, -0.2) is 9.97 Å². The van der Waals surface area contributed by atoms with Crippen LogP contribution in [-0.4, -0.2) is 29.6 Å². The van der Waals surface area contributed by atoms with E-state index in [9.17, 15) is 0 Å². The Morgan fingerprint density at radius 3 is 2.61 bits per heavy atom. The Labute approximate surface area is 110 Å². The molecular formula is C14H24N4. The van der Waals surface area contributed by atoms with Crippen LogP contribution in [0.3, 0.4) is 0 Å². The van der Waals surface area contributed by atoms with E-state index in [0.717, 1.165) is 18.2 Å². The Kier molecular flexibility index (Phi) is 4.79. The van der Waals surface area contributed by atoms with Gasteiger partial charge in [0.2, 0.25) is 0 Å². The van der Waals surface area contributed by atoms with E-state index in [2.05, 4.69) is 34.2 Å². The number of rotatable bonds is 4. The van der Waals surface area contributed by atoms with Crippen LogP contribution in [0.25, 0.3) is 0 Å². The zero-order chi connectivity index (χ0) is 12.8. The third kappa shape index (κ3) is 3.34. The molecule has 18 heavy (non-hydrogen) atoms. The second kappa shape index (κ2) is 6.57. The van der Waals surface area contributed by atoms with Crippen LogP contribution in [0.15, 0.2) is 12.4 Å². The summed E-state index contributed by atoms with van der Waals surface area (Å²) in [6.07, 6.45) is 9.70. The van der Waals surface area contributed by atoms with Gasteiger partial charge in [-0.05, 0) is 19.8 Å². The molecule has 1 aliphatic rings. The quantitative estimate of drug-likeness (QED) is 0.831. The van der Waals surface area contributed by atoms with Crippen LogP contribution < -0.4 is 10.2 Å². The molecule has 1 heterocycles. The monoisotopic (exact) mass is 248 g/mol. The van der Waals surface area contributed by atoms with Gasteiger partial charge in [0.05, 0.1) is 0 Å². The molecule has 1 N–H and O–H groups in total. The minimum Gasteiger partial charge on any atom is -0.370 e. The minimum absolute atomic E-state index is 0.636. The fraction of sp³-hybridized carbons (Fsp3) is 0.714. The molecule has 1 saturated carbocycles. The van der Waals surface area contributed by atoms with Gasteiger partial charge in [0, 0.05) is 25.7 Å². The number of hydrogen-bond donors (Lipinski definition) is 1. The maximum atomic E-state index is 4.40. The van der Waals surface area contributed by atoms with Crippen molar-refractivity contribution >= 4 is 11.6 Å². The van der Waals surface area contributed by atoms with E-state index in [1.165, 1.54) is 38.5 Å². The van der Waals surface area contributed by atoms with E-state index in [0.29, 0.717) is 6.04 Å². The third-order valence-electron chi connectivity index (χ3n) is 3.74. The summed E-state index contributed by atoms with van der Waals surface area (Å²) >= 11 is 0. The highest BCUT2D eigenvalue weighted by atomic mass is 15.2. The number of nitrogens with zero attached hydrogens (tertiary/aromatic N) is 3. The molecule has 0 unspecified atom stereocenters. The number of anilines is 2. The first-order chi connectivity index (χ1) is 8.81. The predicted octanol–water partition coefficient (Wildman–Crippen LogP) is 3.07. The van der Waals surface area contributed by atoms with Crippen molar-refractivity contribution < 1.29 is 0 Å². The standard InChI is InChI=1S/C14H24N4/c1-3-15-13-10-14(17-11-16-13)18(2)12-8-6-4-5-7-9-12/h10-12H,3-9H2,1-2H3,(H,15,16,17). The van der Waals surface area contributed by atoms with Gasteiger partial charge in [-0.2, -0.15) is 0 Å². The summed E-state index contributed by atoms with van der Waals surface area (Å²) in [7, 11) is 2.16. The molecule has 0 aromatic carbocycles. The van der Waals surface area contributed by atoms with Gasteiger partial charge in [0.15, 0.2) is 0 Å². The molecule has 1 aromatic heterocycles. The van der Waals surface area contributed by atoms with Gasteiger partial charge in [0.1, 0.15) is 18.0 Å². The maximum Gasteiger partial charge on any atom is 0.134 e. The van der Waals surface area contributed by atoms with E-state index in [-0.39, 0.29) is 0 Å². The molecule has 1 fully saturated rings. The van der Waals surface area contributed by atoms with E-state index < -0.39 is 0 Å². The number of hydrogen-bond acceptors (Lipinski definition) is 4. The normalized spacial score (nSPS) is 17.2. The molecule has 4 nitrogen and oxygen atoms in total. The molecule has 1 aromatic rings. The van der Waals surface area contributed by atoms with Crippen LogP contribution in [0.5, 0.6) is 0 Å². The summed E-state index contributed by atoms with van der Waals surface area (Å²) < 4.78 is 0. The van der Waals surface area contributed by atoms with Gasteiger partial charge in [0.25, 0.3) is 0 Å². The summed E-state index contributed by atoms with van der Waals surface area (Å²) in [5.41, 5.74) is 0. The Bertz CT molecular complexity index is 359. The average molecular weight is 248 g/mol. The Balaban J connectivity index is 2.06. The Hall–Kier alpha value is -1.32. The van der Waals surface area contributed by atoms with Crippen molar-refractivity contribution in [2.45, 2.75) is 51.5 Å². The van der Waals surface area contributed by atoms with E-state index in [1.807, 2.05) is 6.07 Å². The van der Waals surface area contributed by atoms with Crippen LogP contribution in [0, 0.1) is 0 Å². The molecule has 0 radical (unpaired) electrons.